The van der Waals surface area contributed by atoms with E-state index in [0.717, 1.165) is 25.2 Å². The van der Waals surface area contributed by atoms with Crippen LogP contribution in [-0.4, -0.2) is 37.7 Å². The highest BCUT2D eigenvalue weighted by Crippen LogP contribution is 2.15. The predicted octanol–water partition coefficient (Wildman–Crippen LogP) is 3.25. The van der Waals surface area contributed by atoms with Gasteiger partial charge in [-0.15, -0.1) is 0 Å². The van der Waals surface area contributed by atoms with Crippen LogP contribution in [0.25, 0.3) is 0 Å². The third-order valence-electron chi connectivity index (χ3n) is 4.35. The number of rotatable bonds is 7. The molecule has 142 valence electrons. The van der Waals surface area contributed by atoms with Crippen LogP contribution < -0.4 is 15.4 Å². The van der Waals surface area contributed by atoms with Gasteiger partial charge in [-0.05, 0) is 68.3 Å². The van der Waals surface area contributed by atoms with Crippen LogP contribution in [0.2, 0.25) is 0 Å². The van der Waals surface area contributed by atoms with Crippen molar-refractivity contribution in [3.8, 4) is 5.75 Å². The Bertz CT molecular complexity index is 766. The average Bonchev–Trinajstić information content (AvgIpc) is 3.21. The first-order chi connectivity index (χ1) is 13.2. The number of amides is 2. The van der Waals surface area contributed by atoms with Crippen LogP contribution in [0.15, 0.2) is 48.5 Å². The minimum Gasteiger partial charge on any atom is -0.494 e. The Hall–Kier alpha value is -2.86. The third-order valence-corrected chi connectivity index (χ3v) is 4.35. The Labute approximate surface area is 158 Å². The third kappa shape index (κ3) is 5.31. The van der Waals surface area contributed by atoms with E-state index < -0.39 is 0 Å². The molecule has 1 aliphatic rings. The van der Waals surface area contributed by atoms with Crippen molar-refractivity contribution in [3.63, 3.8) is 0 Å². The highest BCUT2D eigenvalue weighted by molar-refractivity contribution is 6.04. The molecule has 1 aliphatic heterocycles. The van der Waals surface area contributed by atoms with E-state index in [2.05, 4.69) is 10.6 Å². The molecule has 2 N–H and O–H groups in total. The molecule has 0 aromatic heterocycles. The number of carbonyl (C=O) groups is 2. The van der Waals surface area contributed by atoms with Crippen LogP contribution in [-0.2, 0) is 4.74 Å². The van der Waals surface area contributed by atoms with Crippen LogP contribution in [0.4, 0.5) is 5.69 Å². The summed E-state index contributed by atoms with van der Waals surface area (Å²) in [6.45, 7) is 3.78. The van der Waals surface area contributed by atoms with E-state index in [4.69, 9.17) is 9.47 Å². The van der Waals surface area contributed by atoms with E-state index in [0.29, 0.717) is 30.0 Å². The largest absolute Gasteiger partial charge is 0.494 e. The van der Waals surface area contributed by atoms with Crippen molar-refractivity contribution < 1.29 is 19.1 Å². The molecule has 2 aromatic carbocycles. The summed E-state index contributed by atoms with van der Waals surface area (Å²) < 4.78 is 10.9. The summed E-state index contributed by atoms with van der Waals surface area (Å²) in [5.74, 6) is 0.371. The second-order valence-corrected chi connectivity index (χ2v) is 6.33. The number of ether oxygens (including phenoxy) is 2. The summed E-state index contributed by atoms with van der Waals surface area (Å²) in [6, 6.07) is 13.8. The Kier molecular flexibility index (Phi) is 6.44. The van der Waals surface area contributed by atoms with E-state index in [1.54, 1.807) is 48.5 Å². The zero-order chi connectivity index (χ0) is 19.1. The Morgan fingerprint density at radius 2 is 1.70 bits per heavy atom. The first kappa shape index (κ1) is 18.9. The average molecular weight is 368 g/mol. The summed E-state index contributed by atoms with van der Waals surface area (Å²) in [5.41, 5.74) is 1.72. The minimum absolute atomic E-state index is 0.113. The van der Waals surface area contributed by atoms with E-state index in [1.165, 1.54) is 0 Å². The molecule has 6 nitrogen and oxygen atoms in total. The lowest BCUT2D eigenvalue weighted by Gasteiger charge is -2.11. The van der Waals surface area contributed by atoms with Crippen LogP contribution in [0.5, 0.6) is 5.75 Å². The van der Waals surface area contributed by atoms with Crippen molar-refractivity contribution in [2.75, 3.05) is 25.1 Å². The molecule has 1 unspecified atom stereocenters. The van der Waals surface area contributed by atoms with E-state index >= 15 is 0 Å². The number of anilines is 1. The molecule has 2 amide bonds. The molecule has 0 spiro atoms. The monoisotopic (exact) mass is 368 g/mol. The van der Waals surface area contributed by atoms with Crippen molar-refractivity contribution >= 4 is 17.5 Å². The first-order valence-corrected chi connectivity index (χ1v) is 9.20. The van der Waals surface area contributed by atoms with Crippen molar-refractivity contribution in [2.45, 2.75) is 25.9 Å². The molecule has 0 bridgehead atoms. The first-order valence-electron chi connectivity index (χ1n) is 9.20. The summed E-state index contributed by atoms with van der Waals surface area (Å²) in [4.78, 5) is 24.5. The fraction of sp³-hybridized carbons (Fsp3) is 0.333. The van der Waals surface area contributed by atoms with Crippen molar-refractivity contribution in [1.29, 1.82) is 0 Å². The predicted molar refractivity (Wildman–Crippen MR) is 103 cm³/mol. The summed E-state index contributed by atoms with van der Waals surface area (Å²) in [5, 5.41) is 5.70. The normalized spacial score (nSPS) is 16.0. The molecule has 0 aliphatic carbocycles. The topological polar surface area (TPSA) is 76.7 Å². The zero-order valence-corrected chi connectivity index (χ0v) is 15.4. The standard InChI is InChI=1S/C21H24N2O4/c1-2-26-18-11-7-16(8-12-18)21(25)23-17-9-5-15(6-10-17)20(24)22-14-19-4-3-13-27-19/h5-12,19H,2-4,13-14H2,1H3,(H,22,24)(H,23,25). The van der Waals surface area contributed by atoms with Crippen molar-refractivity contribution in [1.82, 2.24) is 5.32 Å². The van der Waals surface area contributed by atoms with Crippen molar-refractivity contribution in [3.05, 3.63) is 59.7 Å². The van der Waals surface area contributed by atoms with Gasteiger partial charge in [0.2, 0.25) is 0 Å². The molecule has 0 radical (unpaired) electrons. The van der Waals surface area contributed by atoms with E-state index in [9.17, 15) is 9.59 Å². The molecule has 1 heterocycles. The Balaban J connectivity index is 1.53. The molecular weight excluding hydrogens is 344 g/mol. The summed E-state index contributed by atoms with van der Waals surface area (Å²) in [7, 11) is 0. The Morgan fingerprint density at radius 3 is 2.33 bits per heavy atom. The molecule has 1 atom stereocenters. The van der Waals surface area contributed by atoms with Crippen LogP contribution in [0.3, 0.4) is 0 Å². The molecule has 0 saturated carbocycles. The zero-order valence-electron chi connectivity index (χ0n) is 15.4. The van der Waals surface area contributed by atoms with Crippen LogP contribution in [0.1, 0.15) is 40.5 Å². The van der Waals surface area contributed by atoms with Gasteiger partial charge in [-0.25, -0.2) is 0 Å². The van der Waals surface area contributed by atoms with Gasteiger partial charge in [0.1, 0.15) is 5.75 Å². The lowest BCUT2D eigenvalue weighted by Crippen LogP contribution is -2.31. The smallest absolute Gasteiger partial charge is 0.255 e. The molecule has 1 saturated heterocycles. The number of benzene rings is 2. The second kappa shape index (κ2) is 9.19. The van der Waals surface area contributed by atoms with Gasteiger partial charge in [-0.3, -0.25) is 9.59 Å². The van der Waals surface area contributed by atoms with Gasteiger partial charge in [0.15, 0.2) is 0 Å². The van der Waals surface area contributed by atoms with Gasteiger partial charge < -0.3 is 20.1 Å². The summed E-state index contributed by atoms with van der Waals surface area (Å²) in [6.07, 6.45) is 2.14. The van der Waals surface area contributed by atoms with Crippen LogP contribution >= 0.6 is 0 Å². The van der Waals surface area contributed by atoms with Gasteiger partial charge in [0.25, 0.3) is 11.8 Å². The van der Waals surface area contributed by atoms with Gasteiger partial charge in [0, 0.05) is 30.0 Å². The molecule has 3 rings (SSSR count). The highest BCUT2D eigenvalue weighted by Gasteiger charge is 2.16. The minimum atomic E-state index is -0.214. The van der Waals surface area contributed by atoms with Gasteiger partial charge in [-0.2, -0.15) is 0 Å². The lowest BCUT2D eigenvalue weighted by molar-refractivity contribution is 0.0857. The molecular formula is C21H24N2O4. The fourth-order valence-electron chi connectivity index (χ4n) is 2.89. The number of nitrogens with one attached hydrogen (secondary N) is 2. The van der Waals surface area contributed by atoms with Gasteiger partial charge in [0.05, 0.1) is 12.7 Å². The summed E-state index contributed by atoms with van der Waals surface area (Å²) >= 11 is 0. The van der Waals surface area contributed by atoms with Gasteiger partial charge >= 0.3 is 0 Å². The van der Waals surface area contributed by atoms with Crippen LogP contribution in [0, 0.1) is 0 Å². The molecule has 27 heavy (non-hydrogen) atoms. The SMILES string of the molecule is CCOc1ccc(C(=O)Nc2ccc(C(=O)NCC3CCCO3)cc2)cc1. The maximum absolute atomic E-state index is 12.3. The lowest BCUT2D eigenvalue weighted by atomic mass is 10.1. The molecule has 6 heteroatoms. The molecule has 1 fully saturated rings. The second-order valence-electron chi connectivity index (χ2n) is 6.33. The Morgan fingerprint density at radius 1 is 1.04 bits per heavy atom. The number of hydrogen-bond donors (Lipinski definition) is 2. The maximum Gasteiger partial charge on any atom is 0.255 e. The van der Waals surface area contributed by atoms with Gasteiger partial charge in [-0.1, -0.05) is 0 Å². The number of hydrogen-bond acceptors (Lipinski definition) is 4. The maximum atomic E-state index is 12.3. The van der Waals surface area contributed by atoms with E-state index in [1.807, 2.05) is 6.92 Å². The fourth-order valence-corrected chi connectivity index (χ4v) is 2.89. The number of carbonyl (C=O) groups excluding carboxylic acids is 2. The van der Waals surface area contributed by atoms with E-state index in [-0.39, 0.29) is 17.9 Å². The highest BCUT2D eigenvalue weighted by atomic mass is 16.5. The molecule has 2 aromatic rings. The van der Waals surface area contributed by atoms with Crippen molar-refractivity contribution in [2.24, 2.45) is 0 Å². The quantitative estimate of drug-likeness (QED) is 0.787.